The van der Waals surface area contributed by atoms with Crippen LogP contribution < -0.4 is 5.73 Å². The number of hydrogen-bond donors (Lipinski definition) is 1. The zero-order valence-electron chi connectivity index (χ0n) is 19.9. The molecule has 0 unspecified atom stereocenters. The highest BCUT2D eigenvalue weighted by atomic mass is 19.4. The maximum absolute atomic E-state index is 14.8. The number of nitrogen functional groups attached to an aromatic ring is 1. The van der Waals surface area contributed by atoms with E-state index in [-0.39, 0.29) is 0 Å². The average molecular weight is 747 g/mol. The van der Waals surface area contributed by atoms with E-state index in [0.29, 0.717) is 0 Å². The standard InChI is InChI=1S/C18H4F27N/c19-7(20,10(25,26)13(31,32)16(37,38)39)3-1-2-4(46)6(9(23,24)12(29,30)15(35,36)18(43,44)45)5(3)8(21,22)11(27,28)14(33,34)17(40,41)42/h1-2H,46H2. The van der Waals surface area contributed by atoms with E-state index in [1.54, 1.807) is 0 Å². The van der Waals surface area contributed by atoms with Gasteiger partial charge in [0, 0.05) is 16.8 Å². The Bertz CT molecular complexity index is 1290. The van der Waals surface area contributed by atoms with Crippen LogP contribution in [-0.4, -0.2) is 54.1 Å². The number of halogens is 27. The number of rotatable bonds is 9. The Balaban J connectivity index is 4.76. The molecule has 0 aliphatic rings. The zero-order chi connectivity index (χ0) is 37.7. The summed E-state index contributed by atoms with van der Waals surface area (Å²) < 4.78 is 364. The normalized spacial score (nSPS) is 16.2. The van der Waals surface area contributed by atoms with Crippen LogP contribution in [0.4, 0.5) is 124 Å². The first-order valence-corrected chi connectivity index (χ1v) is 10.1. The van der Waals surface area contributed by atoms with Crippen molar-refractivity contribution < 1.29 is 119 Å². The monoisotopic (exact) mass is 747 g/mol. The van der Waals surface area contributed by atoms with Gasteiger partial charge in [0.05, 0.1) is 5.56 Å². The molecule has 1 aromatic rings. The maximum Gasteiger partial charge on any atom is 0.460 e. The van der Waals surface area contributed by atoms with Gasteiger partial charge in [-0.25, -0.2) is 0 Å². The van der Waals surface area contributed by atoms with Gasteiger partial charge in [-0.15, -0.1) is 0 Å². The van der Waals surface area contributed by atoms with Gasteiger partial charge in [-0.05, 0) is 6.07 Å². The molecular formula is C18H4F27N. The van der Waals surface area contributed by atoms with Gasteiger partial charge in [0.15, 0.2) is 0 Å². The number of anilines is 1. The van der Waals surface area contributed by atoms with Crippen LogP contribution in [0, 0.1) is 0 Å². The van der Waals surface area contributed by atoms with E-state index in [1.807, 2.05) is 0 Å². The summed E-state index contributed by atoms with van der Waals surface area (Å²) in [7, 11) is 0. The number of nitrogens with two attached hydrogens (primary N) is 1. The molecule has 1 aromatic carbocycles. The Morgan fingerprint density at radius 1 is 0.304 bits per heavy atom. The van der Waals surface area contributed by atoms with E-state index in [2.05, 4.69) is 5.73 Å². The van der Waals surface area contributed by atoms with E-state index in [4.69, 9.17) is 0 Å². The average Bonchev–Trinajstić information content (AvgIpc) is 2.80. The van der Waals surface area contributed by atoms with Crippen molar-refractivity contribution in [1.29, 1.82) is 0 Å². The molecule has 0 spiro atoms. The fourth-order valence-corrected chi connectivity index (χ4v) is 3.15. The topological polar surface area (TPSA) is 26.0 Å². The lowest BCUT2D eigenvalue weighted by atomic mass is 9.80. The van der Waals surface area contributed by atoms with Gasteiger partial charge in [-0.3, -0.25) is 0 Å². The van der Waals surface area contributed by atoms with Crippen molar-refractivity contribution in [2.75, 3.05) is 5.73 Å². The largest absolute Gasteiger partial charge is 0.460 e. The van der Waals surface area contributed by atoms with Crippen LogP contribution in [0.15, 0.2) is 12.1 Å². The van der Waals surface area contributed by atoms with Crippen molar-refractivity contribution in [3.8, 4) is 0 Å². The van der Waals surface area contributed by atoms with Gasteiger partial charge >= 0.3 is 71.8 Å². The van der Waals surface area contributed by atoms with Crippen LogP contribution in [0.25, 0.3) is 0 Å². The third-order valence-electron chi connectivity index (χ3n) is 5.64. The molecule has 0 fully saturated rings. The first-order valence-electron chi connectivity index (χ1n) is 10.1. The van der Waals surface area contributed by atoms with Gasteiger partial charge in [0.1, 0.15) is 0 Å². The van der Waals surface area contributed by atoms with Gasteiger partial charge in [-0.2, -0.15) is 119 Å². The molecule has 0 saturated carbocycles. The highest BCUT2D eigenvalue weighted by Gasteiger charge is 2.87. The minimum atomic E-state index is -8.86. The molecule has 1 nitrogen and oxygen atoms in total. The second kappa shape index (κ2) is 10.3. The third-order valence-corrected chi connectivity index (χ3v) is 5.64. The quantitative estimate of drug-likeness (QED) is 0.198. The van der Waals surface area contributed by atoms with E-state index in [1.165, 1.54) is 0 Å². The van der Waals surface area contributed by atoms with E-state index >= 15 is 0 Å². The fourth-order valence-electron chi connectivity index (χ4n) is 3.15. The molecule has 0 heterocycles. The summed E-state index contributed by atoms with van der Waals surface area (Å²) in [6.07, 6.45) is -24.3. The molecule has 0 atom stereocenters. The molecule has 0 aromatic heterocycles. The Morgan fingerprint density at radius 3 is 0.804 bits per heavy atom. The first kappa shape index (κ1) is 41.2. The smallest absolute Gasteiger partial charge is 0.398 e. The van der Waals surface area contributed by atoms with Gasteiger partial charge < -0.3 is 5.73 Å². The van der Waals surface area contributed by atoms with Gasteiger partial charge in [0.25, 0.3) is 0 Å². The molecule has 0 saturated heterocycles. The number of hydrogen-bond acceptors (Lipinski definition) is 1. The molecule has 0 aliphatic carbocycles. The number of alkyl halides is 27. The maximum atomic E-state index is 14.8. The minimum Gasteiger partial charge on any atom is -0.398 e. The lowest BCUT2D eigenvalue weighted by molar-refractivity contribution is -0.407. The van der Waals surface area contributed by atoms with Crippen LogP contribution in [0.2, 0.25) is 0 Å². The van der Waals surface area contributed by atoms with Crippen molar-refractivity contribution >= 4 is 5.69 Å². The Labute approximate surface area is 232 Å². The van der Waals surface area contributed by atoms with Crippen molar-refractivity contribution in [2.45, 2.75) is 71.8 Å². The summed E-state index contributed by atoms with van der Waals surface area (Å²) in [6, 6.07) is -3.24. The third kappa shape index (κ3) is 5.18. The molecule has 46 heavy (non-hydrogen) atoms. The SMILES string of the molecule is Nc1ccc(C(F)(F)C(F)(F)C(F)(F)C(F)(F)F)c(C(F)(F)C(F)(F)C(F)(F)C(F)(F)F)c1C(F)(F)C(F)(F)C(F)(F)C(F)(F)F. The predicted molar refractivity (Wildman–Crippen MR) is 90.4 cm³/mol. The van der Waals surface area contributed by atoms with Crippen LogP contribution in [0.3, 0.4) is 0 Å². The molecular weight excluding hydrogens is 743 g/mol. The zero-order valence-corrected chi connectivity index (χ0v) is 19.9. The molecule has 270 valence electrons. The van der Waals surface area contributed by atoms with Crippen molar-refractivity contribution in [3.05, 3.63) is 28.8 Å². The van der Waals surface area contributed by atoms with Crippen molar-refractivity contribution in [1.82, 2.24) is 0 Å². The fraction of sp³-hybridized carbons (Fsp3) is 0.667. The van der Waals surface area contributed by atoms with Crippen LogP contribution in [0.1, 0.15) is 16.7 Å². The van der Waals surface area contributed by atoms with Gasteiger partial charge in [0.2, 0.25) is 0 Å². The molecule has 1 rings (SSSR count). The Kier molecular flexibility index (Phi) is 9.23. The molecule has 0 aliphatic heterocycles. The van der Waals surface area contributed by atoms with Crippen LogP contribution in [0.5, 0.6) is 0 Å². The van der Waals surface area contributed by atoms with E-state index in [9.17, 15) is 119 Å². The summed E-state index contributed by atoms with van der Waals surface area (Å²) in [4.78, 5) is 0. The summed E-state index contributed by atoms with van der Waals surface area (Å²) in [6.45, 7) is 0. The molecule has 0 bridgehead atoms. The lowest BCUT2D eigenvalue weighted by Gasteiger charge is -2.41. The molecule has 2 N–H and O–H groups in total. The summed E-state index contributed by atoms with van der Waals surface area (Å²) in [5, 5.41) is 0. The van der Waals surface area contributed by atoms with Crippen LogP contribution >= 0.6 is 0 Å². The highest BCUT2D eigenvalue weighted by molar-refractivity contribution is 5.60. The molecule has 0 radical (unpaired) electrons. The molecule has 0 amide bonds. The second-order valence-corrected chi connectivity index (χ2v) is 8.62. The lowest BCUT2D eigenvalue weighted by Crippen LogP contribution is -2.63. The van der Waals surface area contributed by atoms with Crippen LogP contribution in [-0.2, 0) is 17.8 Å². The number of benzene rings is 1. The van der Waals surface area contributed by atoms with Crippen molar-refractivity contribution in [3.63, 3.8) is 0 Å². The van der Waals surface area contributed by atoms with Crippen molar-refractivity contribution in [2.24, 2.45) is 0 Å². The summed E-state index contributed by atoms with van der Waals surface area (Å²) in [5.41, 5.74) is -14.4. The molecule has 28 heteroatoms. The second-order valence-electron chi connectivity index (χ2n) is 8.62. The van der Waals surface area contributed by atoms with E-state index in [0.717, 1.165) is 0 Å². The first-order chi connectivity index (χ1) is 19.5. The highest BCUT2D eigenvalue weighted by Crippen LogP contribution is 2.65. The van der Waals surface area contributed by atoms with E-state index < -0.39 is 106 Å². The minimum absolute atomic E-state index is 1.41. The predicted octanol–water partition coefficient (Wildman–Crippen LogP) is 10.0. The van der Waals surface area contributed by atoms with Gasteiger partial charge in [-0.1, -0.05) is 6.07 Å². The Hall–Kier alpha value is -2.87. The summed E-state index contributed by atoms with van der Waals surface area (Å²) >= 11 is 0. The summed E-state index contributed by atoms with van der Waals surface area (Å²) in [5.74, 6) is -76.9. The Morgan fingerprint density at radius 2 is 0.543 bits per heavy atom.